The fourth-order valence-electron chi connectivity index (χ4n) is 2.18. The van der Waals surface area contributed by atoms with Crippen LogP contribution in [0.4, 0.5) is 5.69 Å². The van der Waals surface area contributed by atoms with Crippen LogP contribution < -0.4 is 4.90 Å². The zero-order valence-electron chi connectivity index (χ0n) is 12.8. The molecule has 0 spiro atoms. The molecule has 0 saturated heterocycles. The normalized spacial score (nSPS) is 15.5. The zero-order valence-corrected chi connectivity index (χ0v) is 14.9. The highest BCUT2D eigenvalue weighted by Crippen LogP contribution is 2.21. The number of carbonyl (C=O) groups is 1. The molecule has 0 amide bonds. The van der Waals surface area contributed by atoms with Crippen molar-refractivity contribution in [3.63, 3.8) is 0 Å². The summed E-state index contributed by atoms with van der Waals surface area (Å²) in [7, 11) is 3.97. The summed E-state index contributed by atoms with van der Waals surface area (Å²) in [6, 6.07) is 15.6. The first kappa shape index (κ1) is 15.7. The van der Waals surface area contributed by atoms with Gasteiger partial charge in [0.25, 0.3) is 0 Å². The van der Waals surface area contributed by atoms with Crippen molar-refractivity contribution in [3.8, 4) is 0 Å². The Morgan fingerprint density at radius 2 is 1.87 bits per heavy atom. The quantitative estimate of drug-likeness (QED) is 0.434. The summed E-state index contributed by atoms with van der Waals surface area (Å²) >= 11 is 2.22. The van der Waals surface area contributed by atoms with E-state index >= 15 is 0 Å². The molecule has 4 nitrogen and oxygen atoms in total. The van der Waals surface area contributed by atoms with Gasteiger partial charge < -0.3 is 9.64 Å². The van der Waals surface area contributed by atoms with Crippen LogP contribution in [-0.4, -0.2) is 26.0 Å². The third kappa shape index (κ3) is 3.61. The van der Waals surface area contributed by atoms with Gasteiger partial charge >= 0.3 is 5.97 Å². The lowest BCUT2D eigenvalue weighted by molar-refractivity contribution is -0.129. The molecule has 5 heteroatoms. The summed E-state index contributed by atoms with van der Waals surface area (Å²) in [6.45, 7) is 0. The number of esters is 1. The number of anilines is 1. The molecule has 0 unspecified atom stereocenters. The molecule has 0 fully saturated rings. The Balaban J connectivity index is 1.88. The van der Waals surface area contributed by atoms with Crippen LogP contribution in [0.15, 0.2) is 59.2 Å². The maximum Gasteiger partial charge on any atom is 0.363 e. The SMILES string of the molecule is CN(C)c1ccc(/C=C2/N=C(c3cccc(I)c3)OC2=O)cc1. The lowest BCUT2D eigenvalue weighted by atomic mass is 10.1. The highest BCUT2D eigenvalue weighted by molar-refractivity contribution is 14.1. The van der Waals surface area contributed by atoms with Gasteiger partial charge in [0, 0.05) is 28.9 Å². The Morgan fingerprint density at radius 3 is 2.52 bits per heavy atom. The fraction of sp³-hybridized carbons (Fsp3) is 0.111. The highest BCUT2D eigenvalue weighted by atomic mass is 127. The number of aliphatic imine (C=N–C) groups is 1. The maximum absolute atomic E-state index is 12.0. The number of hydrogen-bond acceptors (Lipinski definition) is 4. The van der Waals surface area contributed by atoms with Crippen LogP contribution in [0.2, 0.25) is 0 Å². The van der Waals surface area contributed by atoms with Crippen molar-refractivity contribution in [2.45, 2.75) is 0 Å². The number of benzene rings is 2. The maximum atomic E-state index is 12.0. The molecule has 0 aromatic heterocycles. The molecule has 2 aromatic carbocycles. The van der Waals surface area contributed by atoms with Crippen molar-refractivity contribution in [2.24, 2.45) is 4.99 Å². The number of cyclic esters (lactones) is 1. The number of ether oxygens (including phenoxy) is 1. The number of carbonyl (C=O) groups excluding carboxylic acids is 1. The predicted molar refractivity (Wildman–Crippen MR) is 101 cm³/mol. The summed E-state index contributed by atoms with van der Waals surface area (Å²) in [5, 5.41) is 0. The van der Waals surface area contributed by atoms with Gasteiger partial charge in [-0.3, -0.25) is 0 Å². The van der Waals surface area contributed by atoms with Crippen LogP contribution in [0, 0.1) is 3.57 Å². The van der Waals surface area contributed by atoms with E-state index in [-0.39, 0.29) is 0 Å². The Kier molecular flexibility index (Phi) is 4.47. The molecule has 23 heavy (non-hydrogen) atoms. The minimum absolute atomic E-state index is 0.316. The summed E-state index contributed by atoms with van der Waals surface area (Å²) < 4.78 is 6.35. The molecule has 116 valence electrons. The largest absolute Gasteiger partial charge is 0.402 e. The zero-order chi connectivity index (χ0) is 16.4. The molecule has 0 saturated carbocycles. The van der Waals surface area contributed by atoms with Crippen LogP contribution in [0.5, 0.6) is 0 Å². The van der Waals surface area contributed by atoms with E-state index in [2.05, 4.69) is 27.6 Å². The standard InChI is InChI=1S/C18H15IN2O2/c1-21(2)15-8-6-12(7-9-15)10-16-18(22)23-17(20-16)13-4-3-5-14(19)11-13/h3-11H,1-2H3/b16-10+. The van der Waals surface area contributed by atoms with Gasteiger partial charge in [-0.25, -0.2) is 9.79 Å². The van der Waals surface area contributed by atoms with Crippen LogP contribution in [0.1, 0.15) is 11.1 Å². The van der Waals surface area contributed by atoms with Gasteiger partial charge in [0.1, 0.15) is 0 Å². The first-order chi connectivity index (χ1) is 11.0. The second-order valence-corrected chi connectivity index (χ2v) is 6.58. The molecule has 0 bridgehead atoms. The lowest BCUT2D eigenvalue weighted by Crippen LogP contribution is -2.08. The van der Waals surface area contributed by atoms with Gasteiger partial charge in [0.05, 0.1) is 0 Å². The minimum Gasteiger partial charge on any atom is -0.402 e. The second kappa shape index (κ2) is 6.54. The van der Waals surface area contributed by atoms with E-state index in [9.17, 15) is 4.79 Å². The lowest BCUT2D eigenvalue weighted by Gasteiger charge is -2.11. The Hall–Kier alpha value is -2.15. The summed E-state index contributed by atoms with van der Waals surface area (Å²) in [6.07, 6.45) is 1.74. The number of halogens is 1. The van der Waals surface area contributed by atoms with E-state index in [1.165, 1.54) is 0 Å². The molecule has 0 N–H and O–H groups in total. The first-order valence-corrected chi connectivity index (χ1v) is 8.17. The van der Waals surface area contributed by atoms with Gasteiger partial charge in [0.2, 0.25) is 5.90 Å². The van der Waals surface area contributed by atoms with E-state index in [1.54, 1.807) is 6.08 Å². The van der Waals surface area contributed by atoms with Crippen molar-refractivity contribution in [3.05, 3.63) is 68.9 Å². The number of nitrogens with zero attached hydrogens (tertiary/aromatic N) is 2. The van der Waals surface area contributed by atoms with E-state index < -0.39 is 5.97 Å². The molecule has 1 aliphatic heterocycles. The topological polar surface area (TPSA) is 41.9 Å². The summed E-state index contributed by atoms with van der Waals surface area (Å²) in [5.74, 6) is -0.0692. The van der Waals surface area contributed by atoms with Gasteiger partial charge in [-0.05, 0) is 64.6 Å². The van der Waals surface area contributed by atoms with Crippen LogP contribution >= 0.6 is 22.6 Å². The average Bonchev–Trinajstić information content (AvgIpc) is 2.89. The summed E-state index contributed by atoms with van der Waals surface area (Å²) in [5.41, 5.74) is 3.13. The van der Waals surface area contributed by atoms with Crippen LogP contribution in [0.25, 0.3) is 6.08 Å². The molecule has 0 radical (unpaired) electrons. The van der Waals surface area contributed by atoms with Crippen molar-refractivity contribution >= 4 is 46.2 Å². The number of hydrogen-bond donors (Lipinski definition) is 0. The van der Waals surface area contributed by atoms with Gasteiger partial charge in [-0.1, -0.05) is 18.2 Å². The molecule has 3 rings (SSSR count). The predicted octanol–water partition coefficient (Wildman–Crippen LogP) is 3.70. The third-order valence-corrected chi connectivity index (χ3v) is 4.08. The minimum atomic E-state index is -0.421. The van der Waals surface area contributed by atoms with Crippen molar-refractivity contribution in [2.75, 3.05) is 19.0 Å². The Morgan fingerprint density at radius 1 is 1.13 bits per heavy atom. The Labute approximate surface area is 148 Å². The van der Waals surface area contributed by atoms with E-state index in [0.29, 0.717) is 11.6 Å². The van der Waals surface area contributed by atoms with Gasteiger partial charge in [-0.15, -0.1) is 0 Å². The summed E-state index contributed by atoms with van der Waals surface area (Å²) in [4.78, 5) is 18.4. The molecule has 2 aromatic rings. The van der Waals surface area contributed by atoms with E-state index in [0.717, 1.165) is 20.4 Å². The van der Waals surface area contributed by atoms with Crippen LogP contribution in [0.3, 0.4) is 0 Å². The van der Waals surface area contributed by atoms with Crippen LogP contribution in [-0.2, 0) is 9.53 Å². The molecular formula is C18H15IN2O2. The molecule has 1 heterocycles. The molecule has 1 aliphatic rings. The van der Waals surface area contributed by atoms with Crippen molar-refractivity contribution in [1.29, 1.82) is 0 Å². The highest BCUT2D eigenvalue weighted by Gasteiger charge is 2.24. The third-order valence-electron chi connectivity index (χ3n) is 3.40. The molecule has 0 atom stereocenters. The van der Waals surface area contributed by atoms with Crippen molar-refractivity contribution in [1.82, 2.24) is 0 Å². The molecular weight excluding hydrogens is 403 g/mol. The van der Waals surface area contributed by atoms with Crippen molar-refractivity contribution < 1.29 is 9.53 Å². The fourth-order valence-corrected chi connectivity index (χ4v) is 2.72. The van der Waals surface area contributed by atoms with E-state index in [1.807, 2.05) is 67.5 Å². The van der Waals surface area contributed by atoms with Gasteiger partial charge in [-0.2, -0.15) is 0 Å². The van der Waals surface area contributed by atoms with E-state index in [4.69, 9.17) is 4.74 Å². The number of rotatable bonds is 3. The Bertz CT molecular complexity index is 808. The monoisotopic (exact) mass is 418 g/mol. The van der Waals surface area contributed by atoms with Gasteiger partial charge in [0.15, 0.2) is 5.70 Å². The first-order valence-electron chi connectivity index (χ1n) is 7.09. The average molecular weight is 418 g/mol. The second-order valence-electron chi connectivity index (χ2n) is 5.33. The molecule has 0 aliphatic carbocycles. The smallest absolute Gasteiger partial charge is 0.363 e.